The summed E-state index contributed by atoms with van der Waals surface area (Å²) in [6.07, 6.45) is 7.04. The Hall–Kier alpha value is -2.14. The van der Waals surface area contributed by atoms with Gasteiger partial charge in [0.1, 0.15) is 0 Å². The molecule has 0 saturated carbocycles. The maximum absolute atomic E-state index is 12.4. The summed E-state index contributed by atoms with van der Waals surface area (Å²) >= 11 is 0. The molecule has 1 aliphatic heterocycles. The molecular formula is C21H28N2O3. The van der Waals surface area contributed by atoms with Crippen molar-refractivity contribution in [3.63, 3.8) is 0 Å². The van der Waals surface area contributed by atoms with Gasteiger partial charge in [0.05, 0.1) is 13.0 Å². The van der Waals surface area contributed by atoms with Crippen LogP contribution in [0.4, 0.5) is 0 Å². The van der Waals surface area contributed by atoms with Gasteiger partial charge in [0.2, 0.25) is 11.8 Å². The average Bonchev–Trinajstić information content (AvgIpc) is 2.67. The second-order valence-corrected chi connectivity index (χ2v) is 7.24. The topological polar surface area (TPSA) is 58.6 Å². The van der Waals surface area contributed by atoms with Crippen LogP contribution in [0.2, 0.25) is 0 Å². The Balaban J connectivity index is 1.68. The number of methoxy groups -OCH3 is 1. The molecule has 5 nitrogen and oxygen atoms in total. The normalized spacial score (nSPS) is 22.6. The van der Waals surface area contributed by atoms with Gasteiger partial charge < -0.3 is 15.0 Å². The van der Waals surface area contributed by atoms with Crippen molar-refractivity contribution in [3.05, 3.63) is 47.7 Å². The third-order valence-electron chi connectivity index (χ3n) is 5.50. The summed E-state index contributed by atoms with van der Waals surface area (Å²) in [5.74, 6) is 0.206. The van der Waals surface area contributed by atoms with E-state index in [1.54, 1.807) is 7.11 Å². The van der Waals surface area contributed by atoms with Crippen LogP contribution in [0.1, 0.15) is 37.7 Å². The highest BCUT2D eigenvalue weighted by atomic mass is 16.5. The van der Waals surface area contributed by atoms with Crippen molar-refractivity contribution in [2.45, 2.75) is 38.5 Å². The summed E-state index contributed by atoms with van der Waals surface area (Å²) in [6.45, 7) is 1.71. The average molecular weight is 356 g/mol. The van der Waals surface area contributed by atoms with E-state index in [0.717, 1.165) is 36.9 Å². The maximum Gasteiger partial charge on any atom is 0.226 e. The summed E-state index contributed by atoms with van der Waals surface area (Å²) in [7, 11) is 1.65. The number of carbonyl (C=O) groups is 2. The number of likely N-dealkylation sites (tertiary alicyclic amines) is 1. The van der Waals surface area contributed by atoms with Crippen LogP contribution in [0, 0.1) is 5.41 Å². The molecule has 1 aromatic carbocycles. The number of benzene rings is 1. The van der Waals surface area contributed by atoms with Crippen LogP contribution in [-0.2, 0) is 20.7 Å². The maximum atomic E-state index is 12.4. The monoisotopic (exact) mass is 356 g/mol. The molecule has 1 atom stereocenters. The lowest BCUT2D eigenvalue weighted by molar-refractivity contribution is -0.134. The first-order chi connectivity index (χ1) is 12.6. The molecule has 2 amide bonds. The minimum absolute atomic E-state index is 0.0378. The standard InChI is InChI=1S/C21H28N2O3/c1-26-14-13-23-18-9-5-6-11-21(18,12-10-20(23)25)16-22-19(24)15-17-7-3-2-4-8-17/h2-4,7-9H,5-6,10-16H2,1H3,(H,22,24). The number of allylic oxidation sites excluding steroid dienone is 1. The third kappa shape index (κ3) is 4.15. The van der Waals surface area contributed by atoms with Crippen molar-refractivity contribution in [1.82, 2.24) is 10.2 Å². The number of amides is 2. The summed E-state index contributed by atoms with van der Waals surface area (Å²) < 4.78 is 5.18. The Kier molecular flexibility index (Phi) is 6.09. The van der Waals surface area contributed by atoms with Gasteiger partial charge in [0.15, 0.2) is 0 Å². The molecule has 0 radical (unpaired) electrons. The van der Waals surface area contributed by atoms with E-state index in [4.69, 9.17) is 4.74 Å². The number of nitrogens with zero attached hydrogens (tertiary/aromatic N) is 1. The molecule has 0 bridgehead atoms. The van der Waals surface area contributed by atoms with Crippen molar-refractivity contribution in [3.8, 4) is 0 Å². The summed E-state index contributed by atoms with van der Waals surface area (Å²) in [6, 6.07) is 9.78. The van der Waals surface area contributed by atoms with E-state index in [0.29, 0.717) is 32.5 Å². The van der Waals surface area contributed by atoms with Gasteiger partial charge in [-0.2, -0.15) is 0 Å². The van der Waals surface area contributed by atoms with Gasteiger partial charge in [-0.05, 0) is 31.2 Å². The van der Waals surface area contributed by atoms with E-state index in [2.05, 4.69) is 11.4 Å². The first-order valence-corrected chi connectivity index (χ1v) is 9.45. The van der Waals surface area contributed by atoms with Crippen molar-refractivity contribution in [2.75, 3.05) is 26.8 Å². The molecule has 0 aromatic heterocycles. The van der Waals surface area contributed by atoms with Crippen LogP contribution in [0.15, 0.2) is 42.1 Å². The first kappa shape index (κ1) is 18.6. The molecule has 140 valence electrons. The van der Waals surface area contributed by atoms with E-state index < -0.39 is 0 Å². The zero-order valence-corrected chi connectivity index (χ0v) is 15.5. The Bertz CT molecular complexity index is 671. The predicted molar refractivity (Wildman–Crippen MR) is 100 cm³/mol. The molecule has 2 aliphatic rings. The van der Waals surface area contributed by atoms with Crippen LogP contribution >= 0.6 is 0 Å². The summed E-state index contributed by atoms with van der Waals surface area (Å²) in [5.41, 5.74) is 1.99. The number of hydrogen-bond donors (Lipinski definition) is 1. The lowest BCUT2D eigenvalue weighted by atomic mass is 9.69. The Labute approximate surface area is 155 Å². The number of hydrogen-bond acceptors (Lipinski definition) is 3. The minimum atomic E-state index is -0.119. The van der Waals surface area contributed by atoms with E-state index in [9.17, 15) is 9.59 Å². The Morgan fingerprint density at radius 1 is 1.27 bits per heavy atom. The highest BCUT2D eigenvalue weighted by Gasteiger charge is 2.44. The van der Waals surface area contributed by atoms with Gasteiger partial charge in [-0.25, -0.2) is 0 Å². The zero-order valence-electron chi connectivity index (χ0n) is 15.5. The number of fused-ring (bicyclic) bond motifs is 1. The molecule has 1 fully saturated rings. The molecule has 1 saturated heterocycles. The molecule has 3 rings (SSSR count). The van der Waals surface area contributed by atoms with Crippen molar-refractivity contribution < 1.29 is 14.3 Å². The van der Waals surface area contributed by atoms with Crippen LogP contribution in [0.25, 0.3) is 0 Å². The predicted octanol–water partition coefficient (Wildman–Crippen LogP) is 2.67. The highest BCUT2D eigenvalue weighted by Crippen LogP contribution is 2.46. The fourth-order valence-electron chi connectivity index (χ4n) is 4.10. The SMILES string of the molecule is COCCN1C(=O)CCC2(CNC(=O)Cc3ccccc3)CCCC=C12. The van der Waals surface area contributed by atoms with E-state index in [-0.39, 0.29) is 17.2 Å². The van der Waals surface area contributed by atoms with Crippen LogP contribution < -0.4 is 5.32 Å². The van der Waals surface area contributed by atoms with Crippen molar-refractivity contribution in [2.24, 2.45) is 5.41 Å². The van der Waals surface area contributed by atoms with Gasteiger partial charge >= 0.3 is 0 Å². The van der Waals surface area contributed by atoms with Crippen LogP contribution in [0.5, 0.6) is 0 Å². The van der Waals surface area contributed by atoms with Gasteiger partial charge in [-0.15, -0.1) is 0 Å². The van der Waals surface area contributed by atoms with Gasteiger partial charge in [-0.3, -0.25) is 9.59 Å². The first-order valence-electron chi connectivity index (χ1n) is 9.45. The van der Waals surface area contributed by atoms with Crippen LogP contribution in [-0.4, -0.2) is 43.5 Å². The quantitative estimate of drug-likeness (QED) is 0.817. The van der Waals surface area contributed by atoms with E-state index in [1.165, 1.54) is 0 Å². The van der Waals surface area contributed by atoms with Crippen molar-refractivity contribution >= 4 is 11.8 Å². The Morgan fingerprint density at radius 3 is 2.85 bits per heavy atom. The third-order valence-corrected chi connectivity index (χ3v) is 5.50. The van der Waals surface area contributed by atoms with E-state index >= 15 is 0 Å². The van der Waals surface area contributed by atoms with Gasteiger partial charge in [-0.1, -0.05) is 36.4 Å². The molecule has 1 aromatic rings. The molecule has 1 unspecified atom stereocenters. The fourth-order valence-corrected chi connectivity index (χ4v) is 4.10. The Morgan fingerprint density at radius 2 is 2.08 bits per heavy atom. The summed E-state index contributed by atoms with van der Waals surface area (Å²) in [4.78, 5) is 26.7. The van der Waals surface area contributed by atoms with Gasteiger partial charge in [0.25, 0.3) is 0 Å². The molecule has 1 aliphatic carbocycles. The lowest BCUT2D eigenvalue weighted by Gasteiger charge is -2.47. The smallest absolute Gasteiger partial charge is 0.226 e. The minimum Gasteiger partial charge on any atom is -0.383 e. The molecule has 26 heavy (non-hydrogen) atoms. The molecular weight excluding hydrogens is 328 g/mol. The largest absolute Gasteiger partial charge is 0.383 e. The summed E-state index contributed by atoms with van der Waals surface area (Å²) in [5, 5.41) is 3.13. The lowest BCUT2D eigenvalue weighted by Crippen LogP contribution is -2.51. The number of rotatable bonds is 7. The van der Waals surface area contributed by atoms with Gasteiger partial charge in [0, 0.05) is 37.7 Å². The number of ether oxygens (including phenoxy) is 1. The number of nitrogens with one attached hydrogen (secondary N) is 1. The molecule has 5 heteroatoms. The highest BCUT2D eigenvalue weighted by molar-refractivity contribution is 5.81. The fraction of sp³-hybridized carbons (Fsp3) is 0.524. The van der Waals surface area contributed by atoms with E-state index in [1.807, 2.05) is 35.2 Å². The molecule has 0 spiro atoms. The van der Waals surface area contributed by atoms with Crippen LogP contribution in [0.3, 0.4) is 0 Å². The van der Waals surface area contributed by atoms with Crippen molar-refractivity contribution in [1.29, 1.82) is 0 Å². The molecule has 1 N–H and O–H groups in total. The zero-order chi connectivity index (χ0) is 18.4. The molecule has 1 heterocycles. The second kappa shape index (κ2) is 8.49. The number of carbonyl (C=O) groups excluding carboxylic acids is 2. The number of piperidine rings is 1. The second-order valence-electron chi connectivity index (χ2n) is 7.24.